The average molecular weight is 488 g/mol. The second-order valence-electron chi connectivity index (χ2n) is 9.01. The van der Waals surface area contributed by atoms with Gasteiger partial charge in [-0.2, -0.15) is 0 Å². The molecule has 3 unspecified atom stereocenters. The van der Waals surface area contributed by atoms with Crippen molar-refractivity contribution in [3.63, 3.8) is 0 Å². The molecule has 1 heterocycles. The number of nitrogens with one attached hydrogen (secondary N) is 1. The molecule has 4 rings (SSSR count). The minimum absolute atomic E-state index is 0.177. The fourth-order valence-electron chi connectivity index (χ4n) is 4.67. The van der Waals surface area contributed by atoms with Crippen LogP contribution < -0.4 is 4.72 Å². The van der Waals surface area contributed by atoms with Crippen molar-refractivity contribution in [3.05, 3.63) is 33.8 Å². The topological polar surface area (TPSA) is 86.8 Å². The largest absolute Gasteiger partial charge is 0.327 e. The van der Waals surface area contributed by atoms with Crippen LogP contribution in [-0.2, 0) is 21.4 Å². The minimum Gasteiger partial charge on any atom is -0.316 e. The lowest BCUT2D eigenvalue weighted by Gasteiger charge is -2.48. The molecule has 170 valence electrons. The Kier molecular flexibility index (Phi) is 6.05. The maximum Gasteiger partial charge on any atom is 0.327 e. The van der Waals surface area contributed by atoms with Crippen molar-refractivity contribution >= 4 is 45.2 Å². The summed E-state index contributed by atoms with van der Waals surface area (Å²) in [5.41, 5.74) is 0.270. The van der Waals surface area contributed by atoms with Crippen LogP contribution in [0.2, 0.25) is 10.0 Å². The molecule has 3 atom stereocenters. The van der Waals surface area contributed by atoms with Gasteiger partial charge in [0.05, 0.1) is 17.7 Å². The van der Waals surface area contributed by atoms with Gasteiger partial charge in [-0.05, 0) is 58.1 Å². The van der Waals surface area contributed by atoms with E-state index in [0.717, 1.165) is 12.8 Å². The van der Waals surface area contributed by atoms with E-state index >= 15 is 0 Å². The van der Waals surface area contributed by atoms with Gasteiger partial charge in [0.25, 0.3) is 0 Å². The van der Waals surface area contributed by atoms with Gasteiger partial charge in [0.15, 0.2) is 0 Å². The fraction of sp³-hybridized carbons (Fsp3) is 0.619. The Bertz CT molecular complexity index is 992. The molecule has 0 aromatic heterocycles. The molecule has 0 spiro atoms. The summed E-state index contributed by atoms with van der Waals surface area (Å²) < 4.78 is 28.7. The maximum atomic E-state index is 13.1. The number of rotatable bonds is 6. The Labute approximate surface area is 193 Å². The molecule has 10 heteroatoms. The molecule has 1 aromatic carbocycles. The quantitative estimate of drug-likeness (QED) is 0.660. The number of hydrogen-bond acceptors (Lipinski definition) is 4. The lowest BCUT2D eigenvalue weighted by Crippen LogP contribution is -2.63. The number of carbonyl (C=O) groups is 2. The monoisotopic (exact) mass is 487 g/mol. The normalized spacial score (nSPS) is 27.9. The van der Waals surface area contributed by atoms with Crippen molar-refractivity contribution in [3.8, 4) is 0 Å². The highest BCUT2D eigenvalue weighted by Gasteiger charge is 2.51. The molecule has 1 saturated heterocycles. The third-order valence-electron chi connectivity index (χ3n) is 6.76. The van der Waals surface area contributed by atoms with Crippen LogP contribution in [0.4, 0.5) is 4.79 Å². The highest BCUT2D eigenvalue weighted by atomic mass is 35.5. The third-order valence-corrected chi connectivity index (χ3v) is 9.55. The van der Waals surface area contributed by atoms with E-state index in [0.29, 0.717) is 28.5 Å². The van der Waals surface area contributed by atoms with E-state index in [1.165, 1.54) is 4.90 Å². The van der Waals surface area contributed by atoms with E-state index < -0.39 is 21.2 Å². The first-order chi connectivity index (χ1) is 14.6. The molecule has 1 aliphatic heterocycles. The Morgan fingerprint density at radius 3 is 2.39 bits per heavy atom. The summed E-state index contributed by atoms with van der Waals surface area (Å²) in [7, 11) is -3.55. The number of halogens is 2. The van der Waals surface area contributed by atoms with Crippen LogP contribution in [0.5, 0.6) is 0 Å². The van der Waals surface area contributed by atoms with Crippen LogP contribution in [0, 0.1) is 5.92 Å². The van der Waals surface area contributed by atoms with Gasteiger partial charge in [-0.3, -0.25) is 9.69 Å². The molecule has 7 nitrogen and oxygen atoms in total. The van der Waals surface area contributed by atoms with Crippen molar-refractivity contribution < 1.29 is 18.0 Å². The second kappa shape index (κ2) is 8.21. The predicted octanol–water partition coefficient (Wildman–Crippen LogP) is 3.79. The van der Waals surface area contributed by atoms with Crippen LogP contribution in [0.15, 0.2) is 18.2 Å². The Hall–Kier alpha value is -1.35. The zero-order chi connectivity index (χ0) is 22.6. The molecule has 31 heavy (non-hydrogen) atoms. The lowest BCUT2D eigenvalue weighted by atomic mass is 9.80. The number of carbonyl (C=O) groups excluding carboxylic acids is 2. The van der Waals surface area contributed by atoms with E-state index in [9.17, 15) is 18.0 Å². The van der Waals surface area contributed by atoms with E-state index in [4.69, 9.17) is 23.2 Å². The number of sulfonamides is 1. The van der Waals surface area contributed by atoms with Crippen molar-refractivity contribution in [2.75, 3.05) is 6.54 Å². The number of amides is 3. The van der Waals surface area contributed by atoms with Gasteiger partial charge in [0.2, 0.25) is 15.9 Å². The first kappa shape index (κ1) is 22.8. The molecule has 3 aliphatic rings. The molecule has 3 amide bonds. The first-order valence-corrected chi connectivity index (χ1v) is 12.9. The van der Waals surface area contributed by atoms with E-state index in [1.807, 2.05) is 6.92 Å². The summed E-state index contributed by atoms with van der Waals surface area (Å²) in [6, 6.07) is 4.41. The summed E-state index contributed by atoms with van der Waals surface area (Å²) >= 11 is 12.7. The molecule has 1 N–H and O–H groups in total. The number of fused-ring (bicyclic) bond motifs is 1. The standard InChI is InChI=1S/C21H27Cl2N3O4S/c1-3-25-19(27)14-11-13(31(29,30)24-21(2)9-10-21)7-8-18(14)26(20(25)28)12-15-16(22)5-4-6-17(15)23/h4-6,13-14,18,24H,3,7-12H2,1-2H3. The highest BCUT2D eigenvalue weighted by molar-refractivity contribution is 7.90. The summed E-state index contributed by atoms with van der Waals surface area (Å²) in [5, 5.41) is 0.262. The van der Waals surface area contributed by atoms with Crippen LogP contribution in [0.25, 0.3) is 0 Å². The Balaban J connectivity index is 1.61. The molecular formula is C21H27Cl2N3O4S. The highest BCUT2D eigenvalue weighted by Crippen LogP contribution is 2.41. The molecular weight excluding hydrogens is 461 g/mol. The van der Waals surface area contributed by atoms with Crippen molar-refractivity contribution in [1.82, 2.24) is 14.5 Å². The van der Waals surface area contributed by atoms with Crippen molar-refractivity contribution in [1.29, 1.82) is 0 Å². The average Bonchev–Trinajstić information content (AvgIpc) is 3.43. The summed E-state index contributed by atoms with van der Waals surface area (Å²) in [5.74, 6) is -0.863. The van der Waals surface area contributed by atoms with Gasteiger partial charge in [-0.25, -0.2) is 17.9 Å². The minimum atomic E-state index is -3.55. The lowest BCUT2D eigenvalue weighted by molar-refractivity contribution is -0.140. The molecule has 2 aliphatic carbocycles. The summed E-state index contributed by atoms with van der Waals surface area (Å²) in [4.78, 5) is 29.1. The number of hydrogen-bond donors (Lipinski definition) is 1. The van der Waals surface area contributed by atoms with Gasteiger partial charge in [0, 0.05) is 33.7 Å². The summed E-state index contributed by atoms with van der Waals surface area (Å²) in [6.45, 7) is 4.04. The van der Waals surface area contributed by atoms with Gasteiger partial charge in [0.1, 0.15) is 0 Å². The SMILES string of the molecule is CCN1C(=O)C2CC(S(=O)(=O)NC3(C)CC3)CCC2N(Cc2c(Cl)cccc2Cl)C1=O. The summed E-state index contributed by atoms with van der Waals surface area (Å²) in [6.07, 6.45) is 2.68. The molecule has 0 radical (unpaired) electrons. The smallest absolute Gasteiger partial charge is 0.316 e. The molecule has 3 fully saturated rings. The number of urea groups is 1. The molecule has 0 bridgehead atoms. The second-order valence-corrected chi connectivity index (χ2v) is 11.8. The molecule has 1 aromatic rings. The van der Waals surface area contributed by atoms with Crippen LogP contribution >= 0.6 is 23.2 Å². The third kappa shape index (κ3) is 4.32. The van der Waals surface area contributed by atoms with Crippen molar-refractivity contribution in [2.24, 2.45) is 5.92 Å². The van der Waals surface area contributed by atoms with Crippen LogP contribution in [-0.4, -0.2) is 53.5 Å². The van der Waals surface area contributed by atoms with E-state index in [1.54, 1.807) is 30.0 Å². The fourth-order valence-corrected chi connectivity index (χ4v) is 7.16. The van der Waals surface area contributed by atoms with Crippen molar-refractivity contribution in [2.45, 2.75) is 69.3 Å². The molecule has 2 saturated carbocycles. The maximum absolute atomic E-state index is 13.1. The predicted molar refractivity (Wildman–Crippen MR) is 119 cm³/mol. The zero-order valence-electron chi connectivity index (χ0n) is 17.6. The van der Waals surface area contributed by atoms with Gasteiger partial charge in [-0.15, -0.1) is 0 Å². The Morgan fingerprint density at radius 1 is 1.16 bits per heavy atom. The number of imide groups is 1. The number of nitrogens with zero attached hydrogens (tertiary/aromatic N) is 2. The zero-order valence-corrected chi connectivity index (χ0v) is 19.9. The van der Waals surface area contributed by atoms with E-state index in [-0.39, 0.29) is 43.0 Å². The van der Waals surface area contributed by atoms with Crippen LogP contribution in [0.3, 0.4) is 0 Å². The van der Waals surface area contributed by atoms with Gasteiger partial charge < -0.3 is 4.90 Å². The van der Waals surface area contributed by atoms with Gasteiger partial charge >= 0.3 is 6.03 Å². The van der Waals surface area contributed by atoms with Gasteiger partial charge in [-0.1, -0.05) is 29.3 Å². The van der Waals surface area contributed by atoms with Crippen LogP contribution in [0.1, 0.15) is 51.5 Å². The Morgan fingerprint density at radius 2 is 1.81 bits per heavy atom. The van der Waals surface area contributed by atoms with E-state index in [2.05, 4.69) is 4.72 Å². The first-order valence-electron chi connectivity index (χ1n) is 10.6. The number of benzene rings is 1.